The molecule has 3 rings (SSSR count). The van der Waals surface area contributed by atoms with Gasteiger partial charge in [0, 0.05) is 24.5 Å². The number of nitro benzene ring substituents is 1. The summed E-state index contributed by atoms with van der Waals surface area (Å²) in [5.74, 6) is 0. The maximum absolute atomic E-state index is 12.4. The lowest BCUT2D eigenvalue weighted by Crippen LogP contribution is -2.21. The molecule has 0 aliphatic rings. The Morgan fingerprint density at radius 3 is 1.86 bits per heavy atom. The van der Waals surface area contributed by atoms with Crippen molar-refractivity contribution in [2.45, 2.75) is 0 Å². The van der Waals surface area contributed by atoms with E-state index in [1.165, 1.54) is 21.3 Å². The minimum atomic E-state index is -0.471. The minimum Gasteiger partial charge on any atom is -0.268 e. The van der Waals surface area contributed by atoms with E-state index in [9.17, 15) is 14.9 Å². The summed E-state index contributed by atoms with van der Waals surface area (Å²) in [6.45, 7) is 0. The molecule has 0 saturated heterocycles. The molecular weight excluding hydrogens is 270 g/mol. The summed E-state index contributed by atoms with van der Waals surface area (Å²) in [6.07, 6.45) is 3.30. The molecule has 0 atom stereocenters. The molecule has 0 unspecified atom stereocenters. The first kappa shape index (κ1) is 12.9. The van der Waals surface area contributed by atoms with E-state index < -0.39 is 4.92 Å². The number of nitro groups is 1. The van der Waals surface area contributed by atoms with E-state index in [4.69, 9.17) is 0 Å². The quantitative estimate of drug-likeness (QED) is 0.547. The van der Waals surface area contributed by atoms with E-state index in [0.29, 0.717) is 5.69 Å². The van der Waals surface area contributed by atoms with E-state index in [0.717, 1.165) is 5.69 Å². The monoisotopic (exact) mass is 281 g/mol. The minimum absolute atomic E-state index is 0.00529. The van der Waals surface area contributed by atoms with Gasteiger partial charge >= 0.3 is 5.69 Å². The maximum atomic E-state index is 12.4. The van der Waals surface area contributed by atoms with Gasteiger partial charge in [-0.3, -0.25) is 19.2 Å². The normalized spacial score (nSPS) is 10.5. The predicted octanol–water partition coefficient (Wildman–Crippen LogP) is 2.54. The number of imidazole rings is 1. The smallest absolute Gasteiger partial charge is 0.268 e. The first-order chi connectivity index (χ1) is 10.2. The Morgan fingerprint density at radius 2 is 1.33 bits per heavy atom. The fourth-order valence-electron chi connectivity index (χ4n) is 2.09. The van der Waals surface area contributed by atoms with E-state index in [1.807, 2.05) is 30.3 Å². The fourth-order valence-corrected chi connectivity index (χ4v) is 2.09. The third kappa shape index (κ3) is 2.34. The third-order valence-electron chi connectivity index (χ3n) is 3.15. The summed E-state index contributed by atoms with van der Waals surface area (Å²) in [5, 5.41) is 10.6. The fraction of sp³-hybridized carbons (Fsp3) is 0. The van der Waals surface area contributed by atoms with Crippen molar-refractivity contribution in [1.29, 1.82) is 0 Å². The van der Waals surface area contributed by atoms with Crippen molar-refractivity contribution >= 4 is 5.69 Å². The number of benzene rings is 2. The molecule has 0 aliphatic carbocycles. The molecule has 0 saturated carbocycles. The van der Waals surface area contributed by atoms with Gasteiger partial charge in [-0.05, 0) is 24.3 Å². The van der Waals surface area contributed by atoms with Crippen LogP contribution in [0.15, 0.2) is 71.8 Å². The van der Waals surface area contributed by atoms with Gasteiger partial charge in [0.2, 0.25) is 0 Å². The van der Waals surface area contributed by atoms with Crippen molar-refractivity contribution in [3.8, 4) is 11.4 Å². The standard InChI is InChI=1S/C15H11N3O3/c19-15-16(12-4-2-1-3-5-12)10-11-17(15)13-6-8-14(9-7-13)18(20)21/h1-11H. The van der Waals surface area contributed by atoms with Crippen molar-refractivity contribution < 1.29 is 4.92 Å². The van der Waals surface area contributed by atoms with Crippen molar-refractivity contribution in [2.24, 2.45) is 0 Å². The highest BCUT2D eigenvalue weighted by molar-refractivity contribution is 5.41. The Morgan fingerprint density at radius 1 is 0.810 bits per heavy atom. The van der Waals surface area contributed by atoms with Crippen LogP contribution >= 0.6 is 0 Å². The van der Waals surface area contributed by atoms with Gasteiger partial charge in [-0.1, -0.05) is 18.2 Å². The van der Waals surface area contributed by atoms with Gasteiger partial charge in [-0.2, -0.15) is 0 Å². The molecular formula is C15H11N3O3. The van der Waals surface area contributed by atoms with Gasteiger partial charge < -0.3 is 0 Å². The van der Waals surface area contributed by atoms with Crippen LogP contribution in [-0.2, 0) is 0 Å². The molecule has 0 N–H and O–H groups in total. The van der Waals surface area contributed by atoms with Gasteiger partial charge in [0.15, 0.2) is 0 Å². The lowest BCUT2D eigenvalue weighted by molar-refractivity contribution is -0.384. The molecule has 0 amide bonds. The summed E-state index contributed by atoms with van der Waals surface area (Å²) in [5.41, 5.74) is 1.12. The Bertz CT molecular complexity index is 833. The highest BCUT2D eigenvalue weighted by Crippen LogP contribution is 2.14. The first-order valence-electron chi connectivity index (χ1n) is 6.27. The van der Waals surface area contributed by atoms with Crippen molar-refractivity contribution in [2.75, 3.05) is 0 Å². The number of hydrogen-bond acceptors (Lipinski definition) is 3. The van der Waals surface area contributed by atoms with E-state index in [-0.39, 0.29) is 11.4 Å². The van der Waals surface area contributed by atoms with Crippen LogP contribution < -0.4 is 5.69 Å². The van der Waals surface area contributed by atoms with Gasteiger partial charge in [-0.15, -0.1) is 0 Å². The summed E-state index contributed by atoms with van der Waals surface area (Å²) in [6, 6.07) is 15.1. The molecule has 21 heavy (non-hydrogen) atoms. The summed E-state index contributed by atoms with van der Waals surface area (Å²) < 4.78 is 2.96. The van der Waals surface area contributed by atoms with Crippen LogP contribution in [0.5, 0.6) is 0 Å². The van der Waals surface area contributed by atoms with Gasteiger partial charge in [-0.25, -0.2) is 4.79 Å². The Kier molecular flexibility index (Phi) is 3.12. The number of hydrogen-bond donors (Lipinski definition) is 0. The zero-order chi connectivity index (χ0) is 14.8. The molecule has 6 nitrogen and oxygen atoms in total. The van der Waals surface area contributed by atoms with Gasteiger partial charge in [0.1, 0.15) is 0 Å². The number of para-hydroxylation sites is 1. The second-order valence-electron chi connectivity index (χ2n) is 4.43. The second-order valence-corrected chi connectivity index (χ2v) is 4.43. The number of aromatic nitrogens is 2. The van der Waals surface area contributed by atoms with Crippen LogP contribution in [0, 0.1) is 10.1 Å². The molecule has 0 aliphatic heterocycles. The van der Waals surface area contributed by atoms with Crippen LogP contribution in [0.4, 0.5) is 5.69 Å². The molecule has 2 aromatic carbocycles. The zero-order valence-electron chi connectivity index (χ0n) is 10.9. The number of nitrogens with zero attached hydrogens (tertiary/aromatic N) is 3. The third-order valence-corrected chi connectivity index (χ3v) is 3.15. The topological polar surface area (TPSA) is 70.1 Å². The van der Waals surface area contributed by atoms with E-state index >= 15 is 0 Å². The van der Waals surface area contributed by atoms with Crippen LogP contribution in [-0.4, -0.2) is 14.1 Å². The Balaban J connectivity index is 2.03. The van der Waals surface area contributed by atoms with Crippen LogP contribution in [0.1, 0.15) is 0 Å². The van der Waals surface area contributed by atoms with Crippen LogP contribution in [0.2, 0.25) is 0 Å². The summed E-state index contributed by atoms with van der Waals surface area (Å²) in [7, 11) is 0. The molecule has 0 spiro atoms. The zero-order valence-corrected chi connectivity index (χ0v) is 10.9. The average Bonchev–Trinajstić information content (AvgIpc) is 2.90. The van der Waals surface area contributed by atoms with E-state index in [1.54, 1.807) is 24.5 Å². The van der Waals surface area contributed by atoms with Crippen molar-refractivity contribution in [3.63, 3.8) is 0 Å². The molecule has 0 fully saturated rings. The van der Waals surface area contributed by atoms with Gasteiger partial charge in [0.25, 0.3) is 5.69 Å². The lowest BCUT2D eigenvalue weighted by atomic mass is 10.3. The summed E-state index contributed by atoms with van der Waals surface area (Å²) >= 11 is 0. The molecule has 1 heterocycles. The number of non-ortho nitro benzene ring substituents is 1. The van der Waals surface area contributed by atoms with Crippen LogP contribution in [0.25, 0.3) is 11.4 Å². The highest BCUT2D eigenvalue weighted by Gasteiger charge is 2.09. The Labute approximate surface area is 119 Å². The second kappa shape index (κ2) is 5.09. The first-order valence-corrected chi connectivity index (χ1v) is 6.27. The summed E-state index contributed by atoms with van der Waals surface area (Å²) in [4.78, 5) is 22.5. The number of rotatable bonds is 3. The Hall–Kier alpha value is -3.15. The molecule has 104 valence electrons. The molecule has 0 bridgehead atoms. The molecule has 6 heteroatoms. The van der Waals surface area contributed by atoms with Crippen molar-refractivity contribution in [1.82, 2.24) is 9.13 Å². The highest BCUT2D eigenvalue weighted by atomic mass is 16.6. The van der Waals surface area contributed by atoms with Crippen molar-refractivity contribution in [3.05, 3.63) is 87.6 Å². The maximum Gasteiger partial charge on any atom is 0.337 e. The van der Waals surface area contributed by atoms with Crippen LogP contribution in [0.3, 0.4) is 0 Å². The van der Waals surface area contributed by atoms with Gasteiger partial charge in [0.05, 0.1) is 16.3 Å². The largest absolute Gasteiger partial charge is 0.337 e. The molecule has 0 radical (unpaired) electrons. The average molecular weight is 281 g/mol. The molecule has 1 aromatic heterocycles. The predicted molar refractivity (Wildman–Crippen MR) is 78.0 cm³/mol. The lowest BCUT2D eigenvalue weighted by Gasteiger charge is -2.02. The SMILES string of the molecule is O=c1n(-c2ccccc2)ccn1-c1ccc([N+](=O)[O-])cc1. The molecule has 3 aromatic rings. The van der Waals surface area contributed by atoms with E-state index in [2.05, 4.69) is 0 Å².